The Morgan fingerprint density at radius 3 is 2.33 bits per heavy atom. The first-order valence-electron chi connectivity index (χ1n) is 6.81. The molecule has 0 heterocycles. The van der Waals surface area contributed by atoms with E-state index in [9.17, 15) is 4.79 Å². The number of carbonyl (C=O) groups is 1. The monoisotopic (exact) mass is 297 g/mol. The fourth-order valence-electron chi connectivity index (χ4n) is 1.82. The summed E-state index contributed by atoms with van der Waals surface area (Å²) in [6, 6.07) is 7.02. The summed E-state index contributed by atoms with van der Waals surface area (Å²) < 4.78 is 15.6. The fourth-order valence-corrected chi connectivity index (χ4v) is 1.82. The fraction of sp³-hybridized carbons (Fsp3) is 0.533. The van der Waals surface area contributed by atoms with Crippen LogP contribution in [0, 0.1) is 0 Å². The third-order valence-corrected chi connectivity index (χ3v) is 2.97. The van der Waals surface area contributed by atoms with Crippen LogP contribution in [0.1, 0.15) is 6.92 Å². The normalized spacial score (nSPS) is 11.8. The van der Waals surface area contributed by atoms with Crippen molar-refractivity contribution in [3.8, 4) is 11.5 Å². The molecule has 0 aliphatic carbocycles. The molecular formula is C15H23NO5. The lowest BCUT2D eigenvalue weighted by Gasteiger charge is -2.25. The van der Waals surface area contributed by atoms with Crippen LogP contribution in [0.2, 0.25) is 0 Å². The van der Waals surface area contributed by atoms with Gasteiger partial charge in [0.2, 0.25) is 0 Å². The average Bonchev–Trinajstić information content (AvgIpc) is 2.51. The van der Waals surface area contributed by atoms with Crippen molar-refractivity contribution in [1.82, 2.24) is 4.90 Å². The second kappa shape index (κ2) is 9.20. The van der Waals surface area contributed by atoms with Gasteiger partial charge in [-0.3, -0.25) is 4.79 Å². The summed E-state index contributed by atoms with van der Waals surface area (Å²) in [4.78, 5) is 13.8. The lowest BCUT2D eigenvalue weighted by Crippen LogP contribution is -2.43. The number of aliphatic hydroxyl groups is 1. The van der Waals surface area contributed by atoms with E-state index in [0.29, 0.717) is 18.9 Å². The molecule has 0 bridgehead atoms. The summed E-state index contributed by atoms with van der Waals surface area (Å²) in [7, 11) is 3.16. The first-order valence-corrected chi connectivity index (χ1v) is 6.81. The van der Waals surface area contributed by atoms with Gasteiger partial charge in [0.15, 0.2) is 6.10 Å². The predicted octanol–water partition coefficient (Wildman–Crippen LogP) is 0.930. The standard InChI is InChI=1S/C15H23NO5/c1-12(15(18)16(8-10-17)9-11-19-2)21-14-6-4-13(20-3)5-7-14/h4-7,12,17H,8-11H2,1-3H3. The molecule has 0 aliphatic heterocycles. The quantitative estimate of drug-likeness (QED) is 0.734. The molecule has 1 aromatic rings. The van der Waals surface area contributed by atoms with Crippen LogP contribution < -0.4 is 9.47 Å². The maximum Gasteiger partial charge on any atom is 0.263 e. The van der Waals surface area contributed by atoms with Gasteiger partial charge in [-0.05, 0) is 31.2 Å². The molecule has 1 unspecified atom stereocenters. The summed E-state index contributed by atoms with van der Waals surface area (Å²) in [6.07, 6.45) is -0.637. The van der Waals surface area contributed by atoms with Crippen molar-refractivity contribution in [3.05, 3.63) is 24.3 Å². The second-order valence-corrected chi connectivity index (χ2v) is 4.48. The minimum atomic E-state index is -0.637. The largest absolute Gasteiger partial charge is 0.497 e. The molecule has 0 saturated heterocycles. The van der Waals surface area contributed by atoms with E-state index >= 15 is 0 Å². The Bertz CT molecular complexity index is 421. The molecule has 0 spiro atoms. The van der Waals surface area contributed by atoms with Crippen molar-refractivity contribution in [1.29, 1.82) is 0 Å². The Morgan fingerprint density at radius 1 is 1.19 bits per heavy atom. The minimum Gasteiger partial charge on any atom is -0.497 e. The zero-order valence-corrected chi connectivity index (χ0v) is 12.7. The number of carbonyl (C=O) groups excluding carboxylic acids is 1. The highest BCUT2D eigenvalue weighted by molar-refractivity contribution is 5.80. The third-order valence-electron chi connectivity index (χ3n) is 2.97. The average molecular weight is 297 g/mol. The summed E-state index contributed by atoms with van der Waals surface area (Å²) in [5.74, 6) is 1.13. The second-order valence-electron chi connectivity index (χ2n) is 4.48. The molecule has 21 heavy (non-hydrogen) atoms. The summed E-state index contributed by atoms with van der Waals surface area (Å²) in [5, 5.41) is 9.02. The van der Waals surface area contributed by atoms with E-state index in [1.165, 1.54) is 4.90 Å². The molecule has 0 saturated carbocycles. The van der Waals surface area contributed by atoms with E-state index in [1.54, 1.807) is 45.4 Å². The van der Waals surface area contributed by atoms with Crippen LogP contribution >= 0.6 is 0 Å². The van der Waals surface area contributed by atoms with Crippen LogP contribution in [0.25, 0.3) is 0 Å². The topological polar surface area (TPSA) is 68.2 Å². The Kier molecular flexibility index (Phi) is 7.56. The van der Waals surface area contributed by atoms with E-state index in [-0.39, 0.29) is 19.1 Å². The lowest BCUT2D eigenvalue weighted by molar-refractivity contribution is -0.139. The highest BCUT2D eigenvalue weighted by Crippen LogP contribution is 2.18. The number of hydrogen-bond donors (Lipinski definition) is 1. The van der Waals surface area contributed by atoms with Gasteiger partial charge >= 0.3 is 0 Å². The zero-order valence-electron chi connectivity index (χ0n) is 12.7. The zero-order chi connectivity index (χ0) is 15.7. The van der Waals surface area contributed by atoms with Gasteiger partial charge in [0.05, 0.1) is 20.3 Å². The molecule has 6 heteroatoms. The van der Waals surface area contributed by atoms with Gasteiger partial charge < -0.3 is 24.2 Å². The van der Waals surface area contributed by atoms with Gasteiger partial charge in [-0.25, -0.2) is 0 Å². The Labute approximate surface area is 125 Å². The van der Waals surface area contributed by atoms with Crippen molar-refractivity contribution in [2.75, 3.05) is 40.5 Å². The Balaban J connectivity index is 2.61. The number of ether oxygens (including phenoxy) is 3. The van der Waals surface area contributed by atoms with Gasteiger partial charge in [0.25, 0.3) is 5.91 Å². The number of nitrogens with zero attached hydrogens (tertiary/aromatic N) is 1. The van der Waals surface area contributed by atoms with Gasteiger partial charge in [0, 0.05) is 20.2 Å². The number of amides is 1. The van der Waals surface area contributed by atoms with Crippen LogP contribution in [-0.2, 0) is 9.53 Å². The Morgan fingerprint density at radius 2 is 1.81 bits per heavy atom. The maximum absolute atomic E-state index is 12.3. The molecule has 0 fully saturated rings. The number of methoxy groups -OCH3 is 2. The van der Waals surface area contributed by atoms with E-state index in [0.717, 1.165) is 5.75 Å². The molecule has 1 aromatic carbocycles. The number of rotatable bonds is 9. The maximum atomic E-state index is 12.3. The van der Waals surface area contributed by atoms with Crippen LogP contribution in [0.5, 0.6) is 11.5 Å². The molecule has 1 rings (SSSR count). The van der Waals surface area contributed by atoms with Gasteiger partial charge in [0.1, 0.15) is 11.5 Å². The van der Waals surface area contributed by atoms with Crippen molar-refractivity contribution in [2.24, 2.45) is 0 Å². The number of aliphatic hydroxyl groups excluding tert-OH is 1. The van der Waals surface area contributed by atoms with Crippen LogP contribution in [0.15, 0.2) is 24.3 Å². The molecule has 6 nitrogen and oxygen atoms in total. The highest BCUT2D eigenvalue weighted by Gasteiger charge is 2.21. The van der Waals surface area contributed by atoms with Gasteiger partial charge in [-0.2, -0.15) is 0 Å². The number of hydrogen-bond acceptors (Lipinski definition) is 5. The van der Waals surface area contributed by atoms with Crippen molar-refractivity contribution in [3.63, 3.8) is 0 Å². The molecule has 0 aromatic heterocycles. The molecule has 0 radical (unpaired) electrons. The SMILES string of the molecule is COCCN(CCO)C(=O)C(C)Oc1ccc(OC)cc1. The summed E-state index contributed by atoms with van der Waals surface area (Å²) in [5.41, 5.74) is 0. The van der Waals surface area contributed by atoms with E-state index in [2.05, 4.69) is 0 Å². The first-order chi connectivity index (χ1) is 10.1. The molecule has 1 N–H and O–H groups in total. The van der Waals surface area contributed by atoms with E-state index in [4.69, 9.17) is 19.3 Å². The lowest BCUT2D eigenvalue weighted by atomic mass is 10.3. The third kappa shape index (κ3) is 5.61. The molecule has 0 aliphatic rings. The van der Waals surface area contributed by atoms with Crippen molar-refractivity contribution >= 4 is 5.91 Å². The van der Waals surface area contributed by atoms with Crippen molar-refractivity contribution < 1.29 is 24.1 Å². The minimum absolute atomic E-state index is 0.0925. The van der Waals surface area contributed by atoms with Gasteiger partial charge in [-0.1, -0.05) is 0 Å². The Hall–Kier alpha value is -1.79. The molecule has 1 amide bonds. The smallest absolute Gasteiger partial charge is 0.263 e. The van der Waals surface area contributed by atoms with Gasteiger partial charge in [-0.15, -0.1) is 0 Å². The summed E-state index contributed by atoms with van der Waals surface area (Å²) in [6.45, 7) is 2.69. The van der Waals surface area contributed by atoms with E-state index in [1.807, 2.05) is 0 Å². The van der Waals surface area contributed by atoms with Crippen LogP contribution in [0.4, 0.5) is 0 Å². The molecular weight excluding hydrogens is 274 g/mol. The van der Waals surface area contributed by atoms with E-state index < -0.39 is 6.10 Å². The highest BCUT2D eigenvalue weighted by atomic mass is 16.5. The van der Waals surface area contributed by atoms with Crippen molar-refractivity contribution in [2.45, 2.75) is 13.0 Å². The predicted molar refractivity (Wildman–Crippen MR) is 78.6 cm³/mol. The number of benzene rings is 1. The molecule has 118 valence electrons. The first kappa shape index (κ1) is 17.3. The van der Waals surface area contributed by atoms with Crippen LogP contribution in [0.3, 0.4) is 0 Å². The van der Waals surface area contributed by atoms with Crippen LogP contribution in [-0.4, -0.2) is 62.5 Å². The molecule has 1 atom stereocenters. The summed E-state index contributed by atoms with van der Waals surface area (Å²) >= 11 is 0.